The highest BCUT2D eigenvalue weighted by molar-refractivity contribution is 6.30. The Bertz CT molecular complexity index is 657. The minimum absolute atomic E-state index is 0.0242. The maximum Gasteiger partial charge on any atom is 0.326 e. The minimum Gasteiger partial charge on any atom is -0.480 e. The van der Waals surface area contributed by atoms with E-state index >= 15 is 0 Å². The number of carbonyl (C=O) groups is 1. The highest BCUT2D eigenvalue weighted by atomic mass is 35.5. The molecule has 102 valence electrons. The minimum atomic E-state index is -1.44. The maximum absolute atomic E-state index is 11.1. The van der Waals surface area contributed by atoms with Crippen molar-refractivity contribution in [3.05, 3.63) is 64.2 Å². The van der Waals surface area contributed by atoms with Crippen LogP contribution in [0.4, 0.5) is 5.69 Å². The van der Waals surface area contributed by atoms with Gasteiger partial charge in [0.25, 0.3) is 5.69 Å². The number of nitro groups is 1. The van der Waals surface area contributed by atoms with Crippen molar-refractivity contribution in [3.63, 3.8) is 0 Å². The third kappa shape index (κ3) is 2.78. The van der Waals surface area contributed by atoms with Gasteiger partial charge in [0, 0.05) is 6.07 Å². The lowest BCUT2D eigenvalue weighted by Gasteiger charge is -2.08. The lowest BCUT2D eigenvalue weighted by Crippen LogP contribution is -2.07. The van der Waals surface area contributed by atoms with Crippen LogP contribution in [0.15, 0.2) is 48.5 Å². The summed E-state index contributed by atoms with van der Waals surface area (Å²) in [5.41, 5.74) is 1.12. The quantitative estimate of drug-likeness (QED) is 0.530. The van der Waals surface area contributed by atoms with Gasteiger partial charge in [-0.3, -0.25) is 14.9 Å². The van der Waals surface area contributed by atoms with E-state index in [0.29, 0.717) is 5.56 Å². The molecule has 0 aliphatic heterocycles. The standard InChI is InChI=1S/C14H10ClNO4/c15-13(14(17)18)11-7-6-10(8-12(11)16(19)20)9-4-2-1-3-5-9/h1-8,13H,(H,17,18). The summed E-state index contributed by atoms with van der Waals surface area (Å²) in [6.45, 7) is 0. The van der Waals surface area contributed by atoms with Crippen LogP contribution < -0.4 is 0 Å². The third-order valence-electron chi connectivity index (χ3n) is 2.82. The van der Waals surface area contributed by atoms with Gasteiger partial charge >= 0.3 is 5.97 Å². The van der Waals surface area contributed by atoms with Crippen molar-refractivity contribution in [1.82, 2.24) is 0 Å². The van der Waals surface area contributed by atoms with Crippen molar-refractivity contribution in [1.29, 1.82) is 0 Å². The Morgan fingerprint density at radius 2 is 1.80 bits per heavy atom. The number of nitrogens with zero attached hydrogens (tertiary/aromatic N) is 1. The van der Waals surface area contributed by atoms with Gasteiger partial charge in [-0.2, -0.15) is 0 Å². The molecule has 5 nitrogen and oxygen atoms in total. The highest BCUT2D eigenvalue weighted by Gasteiger charge is 2.26. The van der Waals surface area contributed by atoms with E-state index in [1.54, 1.807) is 6.07 Å². The number of alkyl halides is 1. The Balaban J connectivity index is 2.54. The van der Waals surface area contributed by atoms with Gasteiger partial charge in [-0.25, -0.2) is 0 Å². The summed E-state index contributed by atoms with van der Waals surface area (Å²) in [5, 5.41) is 18.5. The predicted molar refractivity (Wildman–Crippen MR) is 74.8 cm³/mol. The molecular formula is C14H10ClNO4. The maximum atomic E-state index is 11.1. The van der Waals surface area contributed by atoms with Crippen molar-refractivity contribution in [2.45, 2.75) is 5.38 Å². The summed E-state index contributed by atoms with van der Waals surface area (Å²) in [6.07, 6.45) is 0. The molecule has 0 radical (unpaired) electrons. The average molecular weight is 292 g/mol. The van der Waals surface area contributed by atoms with Gasteiger partial charge in [0.1, 0.15) is 0 Å². The zero-order valence-electron chi connectivity index (χ0n) is 10.2. The zero-order chi connectivity index (χ0) is 14.7. The molecule has 6 heteroatoms. The zero-order valence-corrected chi connectivity index (χ0v) is 10.9. The van der Waals surface area contributed by atoms with Gasteiger partial charge in [-0.15, -0.1) is 11.6 Å². The van der Waals surface area contributed by atoms with Crippen molar-refractivity contribution in [2.75, 3.05) is 0 Å². The van der Waals surface area contributed by atoms with Crippen LogP contribution in [-0.4, -0.2) is 16.0 Å². The first-order valence-corrected chi connectivity index (χ1v) is 6.15. The molecule has 0 saturated carbocycles. The Morgan fingerprint density at radius 1 is 1.15 bits per heavy atom. The first-order valence-electron chi connectivity index (χ1n) is 5.71. The Morgan fingerprint density at radius 3 is 2.35 bits per heavy atom. The second-order valence-corrected chi connectivity index (χ2v) is 4.53. The topological polar surface area (TPSA) is 80.4 Å². The molecule has 2 rings (SSSR count). The number of aliphatic carboxylic acids is 1. The van der Waals surface area contributed by atoms with Crippen molar-refractivity contribution in [3.8, 4) is 11.1 Å². The number of hydrogen-bond acceptors (Lipinski definition) is 3. The van der Waals surface area contributed by atoms with E-state index in [0.717, 1.165) is 5.56 Å². The molecule has 0 heterocycles. The predicted octanol–water partition coefficient (Wildman–Crippen LogP) is 3.63. The number of carboxylic acid groups (broad SMARTS) is 1. The van der Waals surface area contributed by atoms with Crippen LogP contribution in [-0.2, 0) is 4.79 Å². The van der Waals surface area contributed by atoms with Gasteiger partial charge in [0.05, 0.1) is 10.5 Å². The molecule has 0 aromatic heterocycles. The monoisotopic (exact) mass is 291 g/mol. The van der Waals surface area contributed by atoms with Crippen LogP contribution in [0.5, 0.6) is 0 Å². The Hall–Kier alpha value is -2.40. The molecule has 0 spiro atoms. The van der Waals surface area contributed by atoms with Crippen LogP contribution in [0.25, 0.3) is 11.1 Å². The first-order chi connectivity index (χ1) is 9.50. The van der Waals surface area contributed by atoms with Crippen LogP contribution in [0.2, 0.25) is 0 Å². The summed E-state index contributed by atoms with van der Waals surface area (Å²) < 4.78 is 0. The fourth-order valence-electron chi connectivity index (χ4n) is 1.86. The second kappa shape index (κ2) is 5.71. The fraction of sp³-hybridized carbons (Fsp3) is 0.0714. The summed E-state index contributed by atoms with van der Waals surface area (Å²) in [5.74, 6) is -1.32. The fourth-order valence-corrected chi connectivity index (χ4v) is 2.04. The molecule has 1 N–H and O–H groups in total. The average Bonchev–Trinajstić information content (AvgIpc) is 2.46. The van der Waals surface area contributed by atoms with E-state index in [-0.39, 0.29) is 11.3 Å². The molecule has 20 heavy (non-hydrogen) atoms. The smallest absolute Gasteiger partial charge is 0.326 e. The molecule has 1 atom stereocenters. The SMILES string of the molecule is O=C(O)C(Cl)c1ccc(-c2ccccc2)cc1[N+](=O)[O-]. The molecule has 0 fully saturated rings. The molecule has 0 amide bonds. The van der Waals surface area contributed by atoms with E-state index in [1.807, 2.05) is 30.3 Å². The molecule has 0 saturated heterocycles. The molecule has 0 aliphatic carbocycles. The number of nitro benzene ring substituents is 1. The van der Waals surface area contributed by atoms with Gasteiger partial charge in [-0.1, -0.05) is 36.4 Å². The summed E-state index contributed by atoms with van der Waals surface area (Å²) in [4.78, 5) is 21.3. The van der Waals surface area contributed by atoms with E-state index in [9.17, 15) is 14.9 Å². The Labute approximate surface area is 119 Å². The van der Waals surface area contributed by atoms with Crippen molar-refractivity contribution in [2.24, 2.45) is 0 Å². The van der Waals surface area contributed by atoms with E-state index < -0.39 is 16.3 Å². The van der Waals surface area contributed by atoms with Crippen LogP contribution in [0.3, 0.4) is 0 Å². The summed E-state index contributed by atoms with van der Waals surface area (Å²) >= 11 is 5.68. The van der Waals surface area contributed by atoms with Gasteiger partial charge in [-0.05, 0) is 17.2 Å². The molecule has 2 aromatic rings. The van der Waals surface area contributed by atoms with Crippen molar-refractivity contribution < 1.29 is 14.8 Å². The molecular weight excluding hydrogens is 282 g/mol. The van der Waals surface area contributed by atoms with Gasteiger partial charge in [0.15, 0.2) is 5.38 Å². The molecule has 0 bridgehead atoms. The highest BCUT2D eigenvalue weighted by Crippen LogP contribution is 2.33. The molecule has 2 aromatic carbocycles. The third-order valence-corrected chi connectivity index (χ3v) is 3.25. The number of rotatable bonds is 4. The van der Waals surface area contributed by atoms with Crippen LogP contribution in [0, 0.1) is 10.1 Å². The molecule has 0 aliphatic rings. The lowest BCUT2D eigenvalue weighted by atomic mass is 10.0. The Kier molecular flexibility index (Phi) is 4.00. The van der Waals surface area contributed by atoms with Gasteiger partial charge < -0.3 is 5.11 Å². The summed E-state index contributed by atoms with van der Waals surface area (Å²) in [7, 11) is 0. The number of carboxylic acids is 1. The van der Waals surface area contributed by atoms with E-state index in [1.165, 1.54) is 12.1 Å². The molecule has 1 unspecified atom stereocenters. The first kappa shape index (κ1) is 14.0. The van der Waals surface area contributed by atoms with Crippen LogP contribution in [0.1, 0.15) is 10.9 Å². The van der Waals surface area contributed by atoms with Gasteiger partial charge in [0.2, 0.25) is 0 Å². The number of hydrogen-bond donors (Lipinski definition) is 1. The normalized spacial score (nSPS) is 11.8. The van der Waals surface area contributed by atoms with E-state index in [4.69, 9.17) is 16.7 Å². The largest absolute Gasteiger partial charge is 0.480 e. The van der Waals surface area contributed by atoms with E-state index in [2.05, 4.69) is 0 Å². The summed E-state index contributed by atoms with van der Waals surface area (Å²) in [6, 6.07) is 13.4. The van der Waals surface area contributed by atoms with Crippen LogP contribution >= 0.6 is 11.6 Å². The lowest BCUT2D eigenvalue weighted by molar-refractivity contribution is -0.385. The number of halogens is 1. The number of benzene rings is 2. The second-order valence-electron chi connectivity index (χ2n) is 4.10. The van der Waals surface area contributed by atoms with Crippen molar-refractivity contribution >= 4 is 23.3 Å².